The third-order valence-electron chi connectivity index (χ3n) is 7.22. The monoisotopic (exact) mass is 402 g/mol. The first-order valence-electron chi connectivity index (χ1n) is 11.7. The first-order chi connectivity index (χ1) is 14.4. The summed E-state index contributed by atoms with van der Waals surface area (Å²) in [5.74, 6) is 1.89. The number of rotatable bonds is 5. The number of anilines is 1. The van der Waals surface area contributed by atoms with E-state index < -0.39 is 0 Å². The van der Waals surface area contributed by atoms with Crippen LogP contribution in [-0.4, -0.2) is 27.2 Å². The first kappa shape index (κ1) is 19.6. The summed E-state index contributed by atoms with van der Waals surface area (Å²) in [6, 6.07) is 5.18. The summed E-state index contributed by atoms with van der Waals surface area (Å²) in [5.41, 5.74) is 11.5. The van der Waals surface area contributed by atoms with Gasteiger partial charge in [-0.1, -0.05) is 31.5 Å². The molecule has 4 heteroatoms. The normalized spacial score (nSPS) is 16.2. The summed E-state index contributed by atoms with van der Waals surface area (Å²) in [6.45, 7) is 14.6. The lowest BCUT2D eigenvalue weighted by Crippen LogP contribution is -2.34. The van der Waals surface area contributed by atoms with E-state index in [4.69, 9.17) is 10.1 Å². The zero-order valence-electron chi connectivity index (χ0n) is 19.3. The van der Waals surface area contributed by atoms with E-state index >= 15 is 0 Å². The van der Waals surface area contributed by atoms with Crippen molar-refractivity contribution in [2.24, 2.45) is 0 Å². The number of hydrogen-bond acceptors (Lipinski definition) is 3. The van der Waals surface area contributed by atoms with Gasteiger partial charge in [0.1, 0.15) is 5.82 Å². The van der Waals surface area contributed by atoms with Crippen LogP contribution in [0.3, 0.4) is 0 Å². The molecular weight excluding hydrogens is 368 g/mol. The molecule has 0 unspecified atom stereocenters. The van der Waals surface area contributed by atoms with Crippen LogP contribution in [0.5, 0.6) is 0 Å². The van der Waals surface area contributed by atoms with Crippen LogP contribution in [0.2, 0.25) is 0 Å². The van der Waals surface area contributed by atoms with Crippen LogP contribution in [0.25, 0.3) is 16.8 Å². The van der Waals surface area contributed by atoms with Gasteiger partial charge in [-0.15, -0.1) is 0 Å². The number of aryl methyl sites for hydroxylation is 4. The summed E-state index contributed by atoms with van der Waals surface area (Å²) >= 11 is 0. The van der Waals surface area contributed by atoms with E-state index in [0.717, 1.165) is 18.6 Å². The Morgan fingerprint density at radius 1 is 1.00 bits per heavy atom. The minimum atomic E-state index is 0.566. The van der Waals surface area contributed by atoms with Crippen molar-refractivity contribution in [3.63, 3.8) is 0 Å². The maximum atomic E-state index is 5.28. The van der Waals surface area contributed by atoms with Gasteiger partial charge in [-0.2, -0.15) is 9.61 Å². The molecule has 1 saturated carbocycles. The lowest BCUT2D eigenvalue weighted by Gasteiger charge is -2.28. The van der Waals surface area contributed by atoms with Crippen LogP contribution in [0.4, 0.5) is 5.82 Å². The molecule has 0 amide bonds. The highest BCUT2D eigenvalue weighted by Gasteiger charge is 2.36. The third-order valence-corrected chi connectivity index (χ3v) is 7.22. The number of benzene rings is 1. The molecule has 30 heavy (non-hydrogen) atoms. The molecule has 0 N–H and O–H groups in total. The maximum Gasteiger partial charge on any atom is 0.165 e. The molecule has 1 aromatic carbocycles. The fourth-order valence-electron chi connectivity index (χ4n) is 5.66. The number of nitrogens with zero attached hydrogens (tertiary/aromatic N) is 4. The highest BCUT2D eigenvalue weighted by Crippen LogP contribution is 2.47. The Kier molecular flexibility index (Phi) is 4.64. The molecule has 5 rings (SSSR count). The largest absolute Gasteiger partial charge is 0.353 e. The lowest BCUT2D eigenvalue weighted by atomic mass is 9.92. The SMILES string of the molecule is CCC(CC)N1CCc2c(C)nc3c(-c4c(C)cc(C)cc4C)c(C4CC4)nn3c21. The van der Waals surface area contributed by atoms with E-state index in [1.165, 1.54) is 76.3 Å². The standard InChI is InChI=1S/C26H34N4/c1-7-20(8-2)29-12-11-21-18(6)27-25-23(22-16(4)13-15(3)14-17(22)5)24(19-9-10-19)28-30(25)26(21)29/h13-14,19-20H,7-12H2,1-6H3. The van der Waals surface area contributed by atoms with Crippen LogP contribution < -0.4 is 4.90 Å². The fourth-order valence-corrected chi connectivity index (χ4v) is 5.66. The second kappa shape index (κ2) is 7.11. The average Bonchev–Trinajstić information content (AvgIpc) is 3.34. The lowest BCUT2D eigenvalue weighted by molar-refractivity contribution is 0.562. The van der Waals surface area contributed by atoms with Gasteiger partial charge in [0.15, 0.2) is 5.65 Å². The molecule has 0 spiro atoms. The summed E-state index contributed by atoms with van der Waals surface area (Å²) in [5, 5.41) is 5.28. The van der Waals surface area contributed by atoms with Gasteiger partial charge in [-0.3, -0.25) is 0 Å². The molecule has 2 aliphatic rings. The number of fused-ring (bicyclic) bond motifs is 3. The quantitative estimate of drug-likeness (QED) is 0.520. The van der Waals surface area contributed by atoms with Gasteiger partial charge in [0, 0.05) is 29.8 Å². The average molecular weight is 403 g/mol. The predicted octanol–water partition coefficient (Wildman–Crippen LogP) is 6.06. The number of hydrogen-bond donors (Lipinski definition) is 0. The van der Waals surface area contributed by atoms with E-state index in [2.05, 4.69) is 63.1 Å². The van der Waals surface area contributed by atoms with Crippen molar-refractivity contribution in [2.45, 2.75) is 85.6 Å². The first-order valence-corrected chi connectivity index (χ1v) is 11.7. The van der Waals surface area contributed by atoms with E-state index in [1.807, 2.05) is 0 Å². The Morgan fingerprint density at radius 2 is 1.67 bits per heavy atom. The summed E-state index contributed by atoms with van der Waals surface area (Å²) in [7, 11) is 0. The Bertz CT molecular complexity index is 1110. The molecule has 0 bridgehead atoms. The van der Waals surface area contributed by atoms with Gasteiger partial charge < -0.3 is 4.90 Å². The van der Waals surface area contributed by atoms with Gasteiger partial charge in [0.25, 0.3) is 0 Å². The predicted molar refractivity (Wildman–Crippen MR) is 125 cm³/mol. The molecule has 2 aromatic heterocycles. The topological polar surface area (TPSA) is 33.4 Å². The van der Waals surface area contributed by atoms with Gasteiger partial charge in [-0.25, -0.2) is 4.98 Å². The molecule has 4 nitrogen and oxygen atoms in total. The Morgan fingerprint density at radius 3 is 2.27 bits per heavy atom. The Labute approximate surface area is 180 Å². The molecule has 1 aliphatic carbocycles. The van der Waals surface area contributed by atoms with E-state index in [1.54, 1.807) is 0 Å². The summed E-state index contributed by atoms with van der Waals surface area (Å²) in [4.78, 5) is 7.79. The van der Waals surface area contributed by atoms with Gasteiger partial charge in [0.05, 0.1) is 11.3 Å². The number of aromatic nitrogens is 3. The van der Waals surface area contributed by atoms with Gasteiger partial charge in [0.2, 0.25) is 0 Å². The van der Waals surface area contributed by atoms with Crippen molar-refractivity contribution in [1.82, 2.24) is 14.6 Å². The third kappa shape index (κ3) is 2.87. The molecule has 158 valence electrons. The van der Waals surface area contributed by atoms with Crippen LogP contribution in [-0.2, 0) is 6.42 Å². The smallest absolute Gasteiger partial charge is 0.165 e. The molecular formula is C26H34N4. The van der Waals surface area contributed by atoms with Crippen molar-refractivity contribution >= 4 is 11.5 Å². The zero-order chi connectivity index (χ0) is 21.2. The van der Waals surface area contributed by atoms with E-state index in [-0.39, 0.29) is 0 Å². The Balaban J connectivity index is 1.83. The zero-order valence-corrected chi connectivity index (χ0v) is 19.3. The maximum absolute atomic E-state index is 5.28. The molecule has 0 atom stereocenters. The van der Waals surface area contributed by atoms with Gasteiger partial charge in [-0.05, 0) is 76.5 Å². The molecule has 1 fully saturated rings. The van der Waals surface area contributed by atoms with Crippen LogP contribution >= 0.6 is 0 Å². The minimum absolute atomic E-state index is 0.566. The van der Waals surface area contributed by atoms with E-state index in [0.29, 0.717) is 12.0 Å². The Hall–Kier alpha value is -2.36. The summed E-state index contributed by atoms with van der Waals surface area (Å²) in [6.07, 6.45) is 5.91. The van der Waals surface area contributed by atoms with Crippen LogP contribution in [0, 0.1) is 27.7 Å². The highest BCUT2D eigenvalue weighted by atomic mass is 15.4. The van der Waals surface area contributed by atoms with Crippen molar-refractivity contribution in [3.05, 3.63) is 45.8 Å². The second-order valence-corrected chi connectivity index (χ2v) is 9.46. The second-order valence-electron chi connectivity index (χ2n) is 9.46. The van der Waals surface area contributed by atoms with Crippen molar-refractivity contribution in [1.29, 1.82) is 0 Å². The van der Waals surface area contributed by atoms with Crippen LogP contribution in [0.15, 0.2) is 12.1 Å². The van der Waals surface area contributed by atoms with Crippen molar-refractivity contribution in [2.75, 3.05) is 11.4 Å². The van der Waals surface area contributed by atoms with E-state index in [9.17, 15) is 0 Å². The minimum Gasteiger partial charge on any atom is -0.353 e. The molecule has 0 saturated heterocycles. The molecule has 3 aromatic rings. The molecule has 0 radical (unpaired) electrons. The fraction of sp³-hybridized carbons (Fsp3) is 0.538. The van der Waals surface area contributed by atoms with Crippen molar-refractivity contribution < 1.29 is 0 Å². The van der Waals surface area contributed by atoms with Crippen molar-refractivity contribution in [3.8, 4) is 11.1 Å². The molecule has 1 aliphatic heterocycles. The molecule has 3 heterocycles. The summed E-state index contributed by atoms with van der Waals surface area (Å²) < 4.78 is 2.22. The highest BCUT2D eigenvalue weighted by molar-refractivity contribution is 5.86. The van der Waals surface area contributed by atoms with Crippen LogP contribution in [0.1, 0.15) is 79.1 Å². The van der Waals surface area contributed by atoms with Gasteiger partial charge >= 0.3 is 0 Å².